The second-order valence-electron chi connectivity index (χ2n) is 4.00. The molecule has 0 aliphatic rings. The molecule has 98 valence electrons. The molecule has 0 aliphatic heterocycles. The van der Waals surface area contributed by atoms with Gasteiger partial charge in [0.1, 0.15) is 0 Å². The highest BCUT2D eigenvalue weighted by Crippen LogP contribution is 2.26. The van der Waals surface area contributed by atoms with Gasteiger partial charge in [-0.1, -0.05) is 0 Å². The third-order valence-corrected chi connectivity index (χ3v) is 3.42. The molecule has 2 aromatic rings. The van der Waals surface area contributed by atoms with Crippen molar-refractivity contribution in [3.8, 4) is 0 Å². The Morgan fingerprint density at radius 1 is 1.50 bits per heavy atom. The summed E-state index contributed by atoms with van der Waals surface area (Å²) in [6.45, 7) is 1.27. The van der Waals surface area contributed by atoms with Gasteiger partial charge in [0.15, 0.2) is 0 Å². The summed E-state index contributed by atoms with van der Waals surface area (Å²) in [7, 11) is 3.59. The standard InChI is InChI=1S/C11H16BrN5O/c1-16-7-14-6-9(16)10(13)11-8(12)5-15-17(11)3-4-18-2/h5-7,10H,3-4,13H2,1-2H3. The maximum Gasteiger partial charge on any atom is 0.0946 e. The first-order valence-corrected chi connectivity index (χ1v) is 6.36. The molecule has 2 aromatic heterocycles. The summed E-state index contributed by atoms with van der Waals surface area (Å²) in [6, 6.07) is -0.272. The normalized spacial score (nSPS) is 12.9. The molecule has 18 heavy (non-hydrogen) atoms. The van der Waals surface area contributed by atoms with Crippen molar-refractivity contribution in [1.82, 2.24) is 19.3 Å². The Balaban J connectivity index is 2.32. The van der Waals surface area contributed by atoms with Crippen LogP contribution in [0.5, 0.6) is 0 Å². The number of imidazole rings is 1. The van der Waals surface area contributed by atoms with Gasteiger partial charge in [0.05, 0.1) is 53.8 Å². The number of nitrogens with two attached hydrogens (primary N) is 1. The molecule has 0 aliphatic carbocycles. The van der Waals surface area contributed by atoms with Crippen LogP contribution in [-0.4, -0.2) is 33.0 Å². The van der Waals surface area contributed by atoms with Crippen LogP contribution in [0.2, 0.25) is 0 Å². The zero-order chi connectivity index (χ0) is 13.1. The van der Waals surface area contributed by atoms with Gasteiger partial charge in [0.2, 0.25) is 0 Å². The summed E-state index contributed by atoms with van der Waals surface area (Å²) < 4.78 is 9.73. The van der Waals surface area contributed by atoms with Crippen molar-refractivity contribution in [1.29, 1.82) is 0 Å². The summed E-state index contributed by atoms with van der Waals surface area (Å²) in [4.78, 5) is 4.09. The summed E-state index contributed by atoms with van der Waals surface area (Å²) in [5, 5.41) is 4.29. The van der Waals surface area contributed by atoms with Crippen molar-refractivity contribution in [2.75, 3.05) is 13.7 Å². The van der Waals surface area contributed by atoms with Crippen LogP contribution >= 0.6 is 15.9 Å². The molecule has 6 nitrogen and oxygen atoms in total. The molecule has 7 heteroatoms. The Labute approximate surface area is 114 Å². The lowest BCUT2D eigenvalue weighted by molar-refractivity contribution is 0.182. The monoisotopic (exact) mass is 313 g/mol. The summed E-state index contributed by atoms with van der Waals surface area (Å²) in [5.41, 5.74) is 8.15. The number of halogens is 1. The van der Waals surface area contributed by atoms with E-state index in [2.05, 4.69) is 26.0 Å². The lowest BCUT2D eigenvalue weighted by atomic mass is 10.1. The average Bonchev–Trinajstić information content (AvgIpc) is 2.92. The van der Waals surface area contributed by atoms with Gasteiger partial charge >= 0.3 is 0 Å². The molecular formula is C11H16BrN5O. The van der Waals surface area contributed by atoms with Crippen LogP contribution in [0, 0.1) is 0 Å². The number of ether oxygens (including phenoxy) is 1. The number of hydrogen-bond donors (Lipinski definition) is 1. The van der Waals surface area contributed by atoms with Crippen molar-refractivity contribution in [2.45, 2.75) is 12.6 Å². The van der Waals surface area contributed by atoms with E-state index in [0.29, 0.717) is 13.2 Å². The number of aromatic nitrogens is 4. The van der Waals surface area contributed by atoms with Gasteiger partial charge in [0.25, 0.3) is 0 Å². The highest BCUT2D eigenvalue weighted by atomic mass is 79.9. The van der Waals surface area contributed by atoms with E-state index in [1.807, 2.05) is 16.3 Å². The van der Waals surface area contributed by atoms with Crippen LogP contribution in [0.15, 0.2) is 23.2 Å². The van der Waals surface area contributed by atoms with Crippen molar-refractivity contribution >= 4 is 15.9 Å². The lowest BCUT2D eigenvalue weighted by Gasteiger charge is -2.15. The first kappa shape index (κ1) is 13.3. The van der Waals surface area contributed by atoms with Crippen LogP contribution < -0.4 is 5.73 Å². The van der Waals surface area contributed by atoms with Gasteiger partial charge in [0, 0.05) is 14.2 Å². The maximum atomic E-state index is 6.29. The minimum absolute atomic E-state index is 0.272. The molecule has 0 bridgehead atoms. The highest BCUT2D eigenvalue weighted by Gasteiger charge is 2.20. The number of rotatable bonds is 5. The van der Waals surface area contributed by atoms with E-state index in [1.165, 1.54) is 0 Å². The fourth-order valence-electron chi connectivity index (χ4n) is 1.84. The minimum Gasteiger partial charge on any atom is -0.383 e. The molecule has 1 atom stereocenters. The van der Waals surface area contributed by atoms with E-state index in [9.17, 15) is 0 Å². The predicted octanol–water partition coefficient (Wildman–Crippen LogP) is 1.07. The van der Waals surface area contributed by atoms with Crippen LogP contribution in [0.4, 0.5) is 0 Å². The van der Waals surface area contributed by atoms with E-state index in [0.717, 1.165) is 15.9 Å². The molecule has 0 amide bonds. The van der Waals surface area contributed by atoms with Crippen LogP contribution in [0.3, 0.4) is 0 Å². The van der Waals surface area contributed by atoms with Gasteiger partial charge in [-0.2, -0.15) is 5.10 Å². The molecular weight excluding hydrogens is 298 g/mol. The molecule has 1 unspecified atom stereocenters. The first-order chi connectivity index (χ1) is 8.65. The molecule has 2 heterocycles. The third-order valence-electron chi connectivity index (χ3n) is 2.81. The van der Waals surface area contributed by atoms with Crippen molar-refractivity contribution in [3.05, 3.63) is 34.6 Å². The highest BCUT2D eigenvalue weighted by molar-refractivity contribution is 9.10. The topological polar surface area (TPSA) is 70.9 Å². The smallest absolute Gasteiger partial charge is 0.0946 e. The molecule has 0 radical (unpaired) electrons. The summed E-state index contributed by atoms with van der Waals surface area (Å²) >= 11 is 3.49. The predicted molar refractivity (Wildman–Crippen MR) is 71.0 cm³/mol. The van der Waals surface area contributed by atoms with Crippen molar-refractivity contribution < 1.29 is 4.74 Å². The van der Waals surface area contributed by atoms with E-state index in [1.54, 1.807) is 25.8 Å². The molecule has 0 saturated heterocycles. The van der Waals surface area contributed by atoms with E-state index in [-0.39, 0.29) is 6.04 Å². The van der Waals surface area contributed by atoms with Crippen molar-refractivity contribution in [3.63, 3.8) is 0 Å². The third kappa shape index (κ3) is 2.47. The summed E-state index contributed by atoms with van der Waals surface area (Å²) in [5.74, 6) is 0. The first-order valence-electron chi connectivity index (χ1n) is 5.57. The average molecular weight is 314 g/mol. The van der Waals surface area contributed by atoms with E-state index < -0.39 is 0 Å². The molecule has 2 N–H and O–H groups in total. The van der Waals surface area contributed by atoms with Crippen LogP contribution in [-0.2, 0) is 18.3 Å². The zero-order valence-corrected chi connectivity index (χ0v) is 12.0. The SMILES string of the molecule is COCCn1ncc(Br)c1C(N)c1cncn1C. The Bertz CT molecular complexity index is 521. The molecule has 2 rings (SSSR count). The Hall–Kier alpha value is -1.18. The van der Waals surface area contributed by atoms with Gasteiger partial charge < -0.3 is 15.0 Å². The minimum atomic E-state index is -0.272. The number of methoxy groups -OCH3 is 1. The van der Waals surface area contributed by atoms with Gasteiger partial charge in [-0.3, -0.25) is 4.68 Å². The Morgan fingerprint density at radius 2 is 2.28 bits per heavy atom. The van der Waals surface area contributed by atoms with Gasteiger partial charge in [-0.05, 0) is 15.9 Å². The zero-order valence-electron chi connectivity index (χ0n) is 10.4. The number of hydrogen-bond acceptors (Lipinski definition) is 4. The fraction of sp³-hybridized carbons (Fsp3) is 0.455. The van der Waals surface area contributed by atoms with Crippen LogP contribution in [0.25, 0.3) is 0 Å². The van der Waals surface area contributed by atoms with Gasteiger partial charge in [-0.25, -0.2) is 4.98 Å². The fourth-order valence-corrected chi connectivity index (χ4v) is 2.39. The number of aryl methyl sites for hydroxylation is 1. The second kappa shape index (κ2) is 5.64. The largest absolute Gasteiger partial charge is 0.383 e. The molecule has 0 saturated carbocycles. The summed E-state index contributed by atoms with van der Waals surface area (Å²) in [6.07, 6.45) is 5.25. The second-order valence-corrected chi connectivity index (χ2v) is 4.86. The molecule has 0 spiro atoms. The van der Waals surface area contributed by atoms with E-state index in [4.69, 9.17) is 10.5 Å². The quantitative estimate of drug-likeness (QED) is 0.896. The van der Waals surface area contributed by atoms with Crippen molar-refractivity contribution in [2.24, 2.45) is 12.8 Å². The molecule has 0 aromatic carbocycles. The maximum absolute atomic E-state index is 6.29. The molecule has 0 fully saturated rings. The van der Waals surface area contributed by atoms with E-state index >= 15 is 0 Å². The van der Waals surface area contributed by atoms with Crippen LogP contribution in [0.1, 0.15) is 17.4 Å². The van der Waals surface area contributed by atoms with Gasteiger partial charge in [-0.15, -0.1) is 0 Å². The Morgan fingerprint density at radius 3 is 2.89 bits per heavy atom. The lowest BCUT2D eigenvalue weighted by Crippen LogP contribution is -2.21. The Kier molecular flexibility index (Phi) is 4.15. The number of nitrogens with zero attached hydrogens (tertiary/aromatic N) is 4.